The number of hydrogen-bond donors (Lipinski definition) is 1. The molecule has 1 unspecified atom stereocenters. The summed E-state index contributed by atoms with van der Waals surface area (Å²) in [5.41, 5.74) is 2.22. The van der Waals surface area contributed by atoms with E-state index >= 15 is 0 Å². The Morgan fingerprint density at radius 2 is 1.78 bits per heavy atom. The van der Waals surface area contributed by atoms with Crippen molar-refractivity contribution in [3.05, 3.63) is 48.0 Å². The molecule has 6 nitrogen and oxygen atoms in total. The van der Waals surface area contributed by atoms with Gasteiger partial charge in [-0.15, -0.1) is 0 Å². The fraction of sp³-hybridized carbons (Fsp3) is 0.333. The molecule has 3 rings (SSSR count). The summed E-state index contributed by atoms with van der Waals surface area (Å²) in [4.78, 5) is 27.2. The summed E-state index contributed by atoms with van der Waals surface area (Å²) in [5.74, 6) is 1.08. The lowest BCUT2D eigenvalue weighted by Crippen LogP contribution is -2.56. The van der Waals surface area contributed by atoms with Gasteiger partial charge in [0.2, 0.25) is 5.91 Å². The lowest BCUT2D eigenvalue weighted by molar-refractivity contribution is -0.127. The third kappa shape index (κ3) is 3.74. The second kappa shape index (κ2) is 8.12. The molecule has 6 heteroatoms. The first-order valence-corrected chi connectivity index (χ1v) is 9.00. The standard InChI is InChI=1S/C21H24N2O4/c1-4-19-20(24)22-11-12-23(19)21(25)18-13-16(27-3)9-10-17(18)14-5-7-15(26-2)8-6-14/h5-10,13,19H,4,11-12H2,1-3H3,(H,22,24). The minimum Gasteiger partial charge on any atom is -0.497 e. The molecular weight excluding hydrogens is 344 g/mol. The summed E-state index contributed by atoms with van der Waals surface area (Å²) < 4.78 is 10.5. The number of hydrogen-bond acceptors (Lipinski definition) is 4. The Balaban J connectivity index is 2.04. The maximum atomic E-state index is 13.4. The molecule has 1 N–H and O–H groups in total. The number of piperazine rings is 1. The number of methoxy groups -OCH3 is 2. The fourth-order valence-electron chi connectivity index (χ4n) is 3.37. The van der Waals surface area contributed by atoms with Crippen molar-refractivity contribution in [2.75, 3.05) is 27.3 Å². The van der Waals surface area contributed by atoms with Crippen molar-refractivity contribution in [3.63, 3.8) is 0 Å². The Morgan fingerprint density at radius 3 is 2.41 bits per heavy atom. The van der Waals surface area contributed by atoms with Crippen LogP contribution in [0.5, 0.6) is 11.5 Å². The Bertz CT molecular complexity index is 833. The Hall–Kier alpha value is -3.02. The summed E-state index contributed by atoms with van der Waals surface area (Å²) in [7, 11) is 3.18. The van der Waals surface area contributed by atoms with Gasteiger partial charge in [-0.05, 0) is 47.9 Å². The minimum atomic E-state index is -0.457. The molecule has 0 saturated carbocycles. The van der Waals surface area contributed by atoms with Crippen molar-refractivity contribution in [2.24, 2.45) is 0 Å². The highest BCUT2D eigenvalue weighted by Gasteiger charge is 2.33. The van der Waals surface area contributed by atoms with Gasteiger partial charge < -0.3 is 19.7 Å². The van der Waals surface area contributed by atoms with Crippen molar-refractivity contribution in [1.82, 2.24) is 10.2 Å². The topological polar surface area (TPSA) is 67.9 Å². The fourth-order valence-corrected chi connectivity index (χ4v) is 3.37. The number of benzene rings is 2. The van der Waals surface area contributed by atoms with E-state index in [-0.39, 0.29) is 11.8 Å². The molecule has 2 amide bonds. The van der Waals surface area contributed by atoms with Gasteiger partial charge >= 0.3 is 0 Å². The molecule has 0 aromatic heterocycles. The summed E-state index contributed by atoms with van der Waals surface area (Å²) in [6.45, 7) is 2.86. The van der Waals surface area contributed by atoms with E-state index in [2.05, 4.69) is 5.32 Å². The first-order chi connectivity index (χ1) is 13.1. The van der Waals surface area contributed by atoms with Crippen LogP contribution in [-0.4, -0.2) is 50.1 Å². The molecule has 2 aromatic rings. The predicted octanol–water partition coefficient (Wildman–Crippen LogP) is 2.72. The van der Waals surface area contributed by atoms with Gasteiger partial charge in [0.15, 0.2) is 0 Å². The molecule has 1 atom stereocenters. The van der Waals surface area contributed by atoms with Gasteiger partial charge in [-0.2, -0.15) is 0 Å². The van der Waals surface area contributed by atoms with E-state index < -0.39 is 6.04 Å². The number of amides is 2. The van der Waals surface area contributed by atoms with Crippen molar-refractivity contribution in [2.45, 2.75) is 19.4 Å². The number of nitrogens with one attached hydrogen (secondary N) is 1. The first kappa shape index (κ1) is 18.8. The number of rotatable bonds is 5. The first-order valence-electron chi connectivity index (χ1n) is 9.00. The molecule has 0 radical (unpaired) electrons. The van der Waals surface area contributed by atoms with Crippen molar-refractivity contribution in [3.8, 4) is 22.6 Å². The molecule has 1 aliphatic rings. The van der Waals surface area contributed by atoms with E-state index in [0.29, 0.717) is 30.8 Å². The summed E-state index contributed by atoms with van der Waals surface area (Å²) in [6.07, 6.45) is 0.569. The molecule has 2 aromatic carbocycles. The van der Waals surface area contributed by atoms with Crippen LogP contribution in [0.4, 0.5) is 0 Å². The molecule has 1 aliphatic heterocycles. The highest BCUT2D eigenvalue weighted by molar-refractivity contribution is 6.03. The average Bonchev–Trinajstić information content (AvgIpc) is 2.72. The zero-order valence-electron chi connectivity index (χ0n) is 15.8. The summed E-state index contributed by atoms with van der Waals surface area (Å²) >= 11 is 0. The lowest BCUT2D eigenvalue weighted by Gasteiger charge is -2.35. The maximum Gasteiger partial charge on any atom is 0.255 e. The molecule has 0 aliphatic carbocycles. The smallest absolute Gasteiger partial charge is 0.255 e. The van der Waals surface area contributed by atoms with Crippen LogP contribution in [0.2, 0.25) is 0 Å². The van der Waals surface area contributed by atoms with Crippen LogP contribution in [0, 0.1) is 0 Å². The quantitative estimate of drug-likeness (QED) is 0.881. The van der Waals surface area contributed by atoms with Gasteiger partial charge in [0.1, 0.15) is 17.5 Å². The molecular formula is C21H24N2O4. The lowest BCUT2D eigenvalue weighted by atomic mass is 9.97. The minimum absolute atomic E-state index is 0.106. The van der Waals surface area contributed by atoms with Gasteiger partial charge in [0.05, 0.1) is 19.8 Å². The van der Waals surface area contributed by atoms with E-state index in [0.717, 1.165) is 16.9 Å². The van der Waals surface area contributed by atoms with Crippen LogP contribution < -0.4 is 14.8 Å². The Labute approximate surface area is 159 Å². The SMILES string of the molecule is CCC1C(=O)NCCN1C(=O)c1cc(OC)ccc1-c1ccc(OC)cc1. The largest absolute Gasteiger partial charge is 0.497 e. The zero-order valence-corrected chi connectivity index (χ0v) is 15.8. The van der Waals surface area contributed by atoms with Gasteiger partial charge in [0, 0.05) is 13.1 Å². The van der Waals surface area contributed by atoms with Crippen LogP contribution in [0.15, 0.2) is 42.5 Å². The van der Waals surface area contributed by atoms with E-state index in [4.69, 9.17) is 9.47 Å². The second-order valence-corrected chi connectivity index (χ2v) is 6.35. The second-order valence-electron chi connectivity index (χ2n) is 6.35. The van der Waals surface area contributed by atoms with Crippen LogP contribution in [-0.2, 0) is 4.79 Å². The highest BCUT2D eigenvalue weighted by Crippen LogP contribution is 2.30. The van der Waals surface area contributed by atoms with E-state index in [1.54, 1.807) is 25.2 Å². The van der Waals surface area contributed by atoms with Gasteiger partial charge in [-0.1, -0.05) is 19.1 Å². The van der Waals surface area contributed by atoms with Gasteiger partial charge in [-0.25, -0.2) is 0 Å². The number of carbonyl (C=O) groups excluding carboxylic acids is 2. The van der Waals surface area contributed by atoms with Gasteiger partial charge in [0.25, 0.3) is 5.91 Å². The van der Waals surface area contributed by atoms with E-state index in [1.807, 2.05) is 43.3 Å². The summed E-state index contributed by atoms with van der Waals surface area (Å²) in [5, 5.41) is 2.83. The van der Waals surface area contributed by atoms with Crippen LogP contribution in [0.1, 0.15) is 23.7 Å². The average molecular weight is 368 g/mol. The Morgan fingerprint density at radius 1 is 1.11 bits per heavy atom. The van der Waals surface area contributed by atoms with Crippen molar-refractivity contribution in [1.29, 1.82) is 0 Å². The van der Waals surface area contributed by atoms with Crippen LogP contribution in [0.3, 0.4) is 0 Å². The van der Waals surface area contributed by atoms with Crippen LogP contribution >= 0.6 is 0 Å². The monoisotopic (exact) mass is 368 g/mol. The third-order valence-electron chi connectivity index (χ3n) is 4.84. The molecule has 1 fully saturated rings. The number of ether oxygens (including phenoxy) is 2. The maximum absolute atomic E-state index is 13.4. The third-order valence-corrected chi connectivity index (χ3v) is 4.84. The molecule has 142 valence electrons. The summed E-state index contributed by atoms with van der Waals surface area (Å²) in [6, 6.07) is 12.5. The van der Waals surface area contributed by atoms with Crippen molar-refractivity contribution < 1.29 is 19.1 Å². The Kier molecular flexibility index (Phi) is 5.64. The number of nitrogens with zero attached hydrogens (tertiary/aromatic N) is 1. The van der Waals surface area contributed by atoms with Gasteiger partial charge in [-0.3, -0.25) is 9.59 Å². The molecule has 1 heterocycles. The van der Waals surface area contributed by atoms with E-state index in [1.165, 1.54) is 0 Å². The van der Waals surface area contributed by atoms with Crippen LogP contribution in [0.25, 0.3) is 11.1 Å². The van der Waals surface area contributed by atoms with Crippen molar-refractivity contribution >= 4 is 11.8 Å². The molecule has 0 spiro atoms. The van der Waals surface area contributed by atoms with E-state index in [9.17, 15) is 9.59 Å². The molecule has 0 bridgehead atoms. The molecule has 1 saturated heterocycles. The normalized spacial score (nSPS) is 16.6. The predicted molar refractivity (Wildman–Crippen MR) is 103 cm³/mol. The zero-order chi connectivity index (χ0) is 19.4. The number of carbonyl (C=O) groups is 2. The molecule has 27 heavy (non-hydrogen) atoms. The highest BCUT2D eigenvalue weighted by atomic mass is 16.5.